The standard InChI is InChI=1S/C15H12ClN3OS/c1-10-8-13(6-7-14(10)16)20-12-4-2-11(3-5-12)18-15-19-17-9-21-15/h2-9H,1H3,(H,18,19). The van der Waals surface area contributed by atoms with Crippen LogP contribution in [0.3, 0.4) is 0 Å². The summed E-state index contributed by atoms with van der Waals surface area (Å²) in [5, 5.41) is 12.4. The highest BCUT2D eigenvalue weighted by molar-refractivity contribution is 7.13. The number of anilines is 2. The molecule has 0 saturated carbocycles. The van der Waals surface area contributed by atoms with E-state index in [2.05, 4.69) is 15.5 Å². The molecule has 0 spiro atoms. The summed E-state index contributed by atoms with van der Waals surface area (Å²) in [6.45, 7) is 1.95. The van der Waals surface area contributed by atoms with E-state index in [0.29, 0.717) is 0 Å². The van der Waals surface area contributed by atoms with Crippen molar-refractivity contribution in [2.75, 3.05) is 5.32 Å². The van der Waals surface area contributed by atoms with E-state index < -0.39 is 0 Å². The van der Waals surface area contributed by atoms with Gasteiger partial charge in [0.05, 0.1) is 0 Å². The minimum absolute atomic E-state index is 0.735. The van der Waals surface area contributed by atoms with E-state index in [9.17, 15) is 0 Å². The lowest BCUT2D eigenvalue weighted by atomic mass is 10.2. The van der Waals surface area contributed by atoms with Crippen LogP contribution in [0.2, 0.25) is 5.02 Å². The molecule has 6 heteroatoms. The van der Waals surface area contributed by atoms with Crippen LogP contribution >= 0.6 is 22.9 Å². The van der Waals surface area contributed by atoms with E-state index in [1.165, 1.54) is 11.3 Å². The number of nitrogens with one attached hydrogen (secondary N) is 1. The number of benzene rings is 2. The molecule has 2 aromatic carbocycles. The monoisotopic (exact) mass is 317 g/mol. The summed E-state index contributed by atoms with van der Waals surface area (Å²) in [4.78, 5) is 0. The first-order chi connectivity index (χ1) is 10.2. The Labute approximate surface area is 131 Å². The normalized spacial score (nSPS) is 10.4. The van der Waals surface area contributed by atoms with Gasteiger partial charge in [0.1, 0.15) is 17.0 Å². The van der Waals surface area contributed by atoms with Crippen molar-refractivity contribution in [1.29, 1.82) is 0 Å². The van der Waals surface area contributed by atoms with Crippen molar-refractivity contribution in [3.63, 3.8) is 0 Å². The fourth-order valence-electron chi connectivity index (χ4n) is 1.77. The van der Waals surface area contributed by atoms with Crippen molar-refractivity contribution in [2.24, 2.45) is 0 Å². The van der Waals surface area contributed by atoms with Crippen LogP contribution in [-0.4, -0.2) is 10.2 Å². The van der Waals surface area contributed by atoms with E-state index in [1.54, 1.807) is 5.51 Å². The Morgan fingerprint density at radius 1 is 1.10 bits per heavy atom. The van der Waals surface area contributed by atoms with Gasteiger partial charge in [-0.05, 0) is 55.0 Å². The summed E-state index contributed by atoms with van der Waals surface area (Å²) in [5.74, 6) is 1.53. The minimum Gasteiger partial charge on any atom is -0.457 e. The molecule has 0 amide bonds. The van der Waals surface area contributed by atoms with Gasteiger partial charge in [-0.3, -0.25) is 0 Å². The highest BCUT2D eigenvalue weighted by Gasteiger charge is 2.02. The van der Waals surface area contributed by atoms with Gasteiger partial charge in [-0.1, -0.05) is 22.9 Å². The zero-order valence-electron chi connectivity index (χ0n) is 11.2. The number of ether oxygens (including phenoxy) is 1. The first-order valence-corrected chi connectivity index (χ1v) is 7.54. The molecule has 1 N–H and O–H groups in total. The molecule has 0 aliphatic heterocycles. The molecule has 0 aliphatic rings. The number of rotatable bonds is 4. The second-order valence-electron chi connectivity index (χ2n) is 4.41. The maximum Gasteiger partial charge on any atom is 0.209 e. The van der Waals surface area contributed by atoms with Crippen LogP contribution in [0, 0.1) is 6.92 Å². The number of halogens is 1. The van der Waals surface area contributed by atoms with Crippen molar-refractivity contribution in [1.82, 2.24) is 10.2 Å². The molecule has 3 rings (SSSR count). The molecule has 1 heterocycles. The van der Waals surface area contributed by atoms with Crippen molar-refractivity contribution in [3.8, 4) is 11.5 Å². The Balaban J connectivity index is 1.70. The highest BCUT2D eigenvalue weighted by atomic mass is 35.5. The fraction of sp³-hybridized carbons (Fsp3) is 0.0667. The van der Waals surface area contributed by atoms with Crippen LogP contribution < -0.4 is 10.1 Å². The largest absolute Gasteiger partial charge is 0.457 e. The smallest absolute Gasteiger partial charge is 0.209 e. The molecule has 4 nitrogen and oxygen atoms in total. The van der Waals surface area contributed by atoms with E-state index in [0.717, 1.165) is 32.9 Å². The second kappa shape index (κ2) is 6.11. The molecule has 1 aromatic heterocycles. The molecule has 0 aliphatic carbocycles. The van der Waals surface area contributed by atoms with Gasteiger partial charge in [-0.2, -0.15) is 0 Å². The van der Waals surface area contributed by atoms with Crippen molar-refractivity contribution in [3.05, 3.63) is 58.6 Å². The van der Waals surface area contributed by atoms with Crippen LogP contribution in [0.1, 0.15) is 5.56 Å². The first-order valence-electron chi connectivity index (χ1n) is 6.28. The van der Waals surface area contributed by atoms with Crippen molar-refractivity contribution >= 4 is 33.8 Å². The third-order valence-corrected chi connectivity index (χ3v) is 3.86. The topological polar surface area (TPSA) is 47.0 Å². The molecule has 0 radical (unpaired) electrons. The molecule has 0 unspecified atom stereocenters. The summed E-state index contributed by atoms with van der Waals surface area (Å²) in [6, 6.07) is 13.2. The van der Waals surface area contributed by atoms with Crippen LogP contribution in [0.5, 0.6) is 11.5 Å². The van der Waals surface area contributed by atoms with Gasteiger partial charge >= 0.3 is 0 Å². The molecular weight excluding hydrogens is 306 g/mol. The molecule has 0 bridgehead atoms. The number of aromatic nitrogens is 2. The molecule has 0 atom stereocenters. The van der Waals surface area contributed by atoms with Gasteiger partial charge in [0, 0.05) is 10.7 Å². The minimum atomic E-state index is 0.735. The Morgan fingerprint density at radius 3 is 2.52 bits per heavy atom. The third kappa shape index (κ3) is 3.51. The molecule has 21 heavy (non-hydrogen) atoms. The number of hydrogen-bond donors (Lipinski definition) is 1. The molecule has 0 saturated heterocycles. The number of hydrogen-bond acceptors (Lipinski definition) is 5. The predicted octanol–water partition coefficient (Wildman–Crippen LogP) is 5.04. The van der Waals surface area contributed by atoms with E-state index in [1.807, 2.05) is 49.4 Å². The van der Waals surface area contributed by atoms with Gasteiger partial charge in [0.2, 0.25) is 5.13 Å². The lowest BCUT2D eigenvalue weighted by molar-refractivity contribution is 0.482. The molecule has 0 fully saturated rings. The van der Waals surface area contributed by atoms with Crippen LogP contribution in [0.25, 0.3) is 0 Å². The van der Waals surface area contributed by atoms with E-state index in [4.69, 9.17) is 16.3 Å². The van der Waals surface area contributed by atoms with Gasteiger partial charge in [0.15, 0.2) is 0 Å². The average molecular weight is 318 g/mol. The summed E-state index contributed by atoms with van der Waals surface area (Å²) in [6.07, 6.45) is 0. The molecule has 106 valence electrons. The van der Waals surface area contributed by atoms with Crippen LogP contribution in [0.4, 0.5) is 10.8 Å². The van der Waals surface area contributed by atoms with Gasteiger partial charge < -0.3 is 10.1 Å². The van der Waals surface area contributed by atoms with E-state index >= 15 is 0 Å². The van der Waals surface area contributed by atoms with Crippen LogP contribution in [-0.2, 0) is 0 Å². The average Bonchev–Trinajstić information content (AvgIpc) is 2.98. The molecular formula is C15H12ClN3OS. The highest BCUT2D eigenvalue weighted by Crippen LogP contribution is 2.27. The van der Waals surface area contributed by atoms with Gasteiger partial charge in [-0.25, -0.2) is 0 Å². The maximum absolute atomic E-state index is 6.00. The second-order valence-corrected chi connectivity index (χ2v) is 5.65. The number of nitrogens with zero attached hydrogens (tertiary/aromatic N) is 2. The Hall–Kier alpha value is -2.11. The van der Waals surface area contributed by atoms with Gasteiger partial charge in [0.25, 0.3) is 0 Å². The Morgan fingerprint density at radius 2 is 1.86 bits per heavy atom. The number of aryl methyl sites for hydroxylation is 1. The zero-order valence-corrected chi connectivity index (χ0v) is 12.8. The van der Waals surface area contributed by atoms with Crippen molar-refractivity contribution < 1.29 is 4.74 Å². The third-order valence-electron chi connectivity index (χ3n) is 2.83. The quantitative estimate of drug-likeness (QED) is 0.732. The Kier molecular flexibility index (Phi) is 4.03. The summed E-state index contributed by atoms with van der Waals surface area (Å²) < 4.78 is 5.79. The molecule has 3 aromatic rings. The zero-order chi connectivity index (χ0) is 14.7. The SMILES string of the molecule is Cc1cc(Oc2ccc(Nc3nncs3)cc2)ccc1Cl. The van der Waals surface area contributed by atoms with Crippen LogP contribution in [0.15, 0.2) is 48.0 Å². The van der Waals surface area contributed by atoms with Gasteiger partial charge in [-0.15, -0.1) is 10.2 Å². The maximum atomic E-state index is 6.00. The lowest BCUT2D eigenvalue weighted by Crippen LogP contribution is -1.90. The Bertz CT molecular complexity index is 729. The first kappa shape index (κ1) is 13.9. The lowest BCUT2D eigenvalue weighted by Gasteiger charge is -2.08. The predicted molar refractivity (Wildman–Crippen MR) is 85.9 cm³/mol. The fourth-order valence-corrected chi connectivity index (χ4v) is 2.36. The summed E-state index contributed by atoms with van der Waals surface area (Å²) in [5.41, 5.74) is 3.61. The van der Waals surface area contributed by atoms with E-state index in [-0.39, 0.29) is 0 Å². The summed E-state index contributed by atoms with van der Waals surface area (Å²) >= 11 is 7.45. The van der Waals surface area contributed by atoms with Crippen molar-refractivity contribution in [2.45, 2.75) is 6.92 Å². The summed E-state index contributed by atoms with van der Waals surface area (Å²) in [7, 11) is 0.